The van der Waals surface area contributed by atoms with Gasteiger partial charge in [-0.1, -0.05) is 12.8 Å². The van der Waals surface area contributed by atoms with Crippen molar-refractivity contribution in [3.05, 3.63) is 0 Å². The predicted octanol–water partition coefficient (Wildman–Crippen LogP) is 0.269. The number of aliphatic hydroxyl groups excluding tert-OH is 1. The van der Waals surface area contributed by atoms with Crippen molar-refractivity contribution in [2.24, 2.45) is 0 Å². The van der Waals surface area contributed by atoms with Crippen LogP contribution in [0.25, 0.3) is 0 Å². The zero-order chi connectivity index (χ0) is 6.69. The fourth-order valence-electron chi connectivity index (χ4n) is 1.26. The third-order valence-corrected chi connectivity index (χ3v) is 1.90. The molecular formula is C6H13NO2. The molecule has 54 valence electrons. The Morgan fingerprint density at radius 1 is 1.22 bits per heavy atom. The van der Waals surface area contributed by atoms with Gasteiger partial charge < -0.3 is 10.3 Å². The summed E-state index contributed by atoms with van der Waals surface area (Å²) < 4.78 is 0. The topological polar surface area (TPSA) is 52.5 Å². The normalized spacial score (nSPS) is 36.7. The molecule has 3 N–H and O–H groups in total. The molecule has 0 aromatic rings. The van der Waals surface area contributed by atoms with Gasteiger partial charge in [-0.05, 0) is 12.8 Å². The van der Waals surface area contributed by atoms with Gasteiger partial charge >= 0.3 is 0 Å². The summed E-state index contributed by atoms with van der Waals surface area (Å²) in [5, 5.41) is 17.6. The number of rotatable bonds is 1. The minimum atomic E-state index is -0.344. The first kappa shape index (κ1) is 6.99. The molecule has 0 aromatic heterocycles. The molecule has 0 radical (unpaired) electrons. The lowest BCUT2D eigenvalue weighted by molar-refractivity contribution is 0.0165. The van der Waals surface area contributed by atoms with Gasteiger partial charge in [0.15, 0.2) is 0 Å². The SMILES string of the molecule is ONC1CCCCC1O. The van der Waals surface area contributed by atoms with E-state index in [1.54, 1.807) is 0 Å². The van der Waals surface area contributed by atoms with E-state index in [0.29, 0.717) is 0 Å². The second-order valence-electron chi connectivity index (χ2n) is 2.59. The Bertz CT molecular complexity index is 87.1. The van der Waals surface area contributed by atoms with Crippen LogP contribution in [0.15, 0.2) is 0 Å². The summed E-state index contributed by atoms with van der Waals surface area (Å²) in [6.07, 6.45) is 3.55. The van der Waals surface area contributed by atoms with Gasteiger partial charge in [0.2, 0.25) is 0 Å². The summed E-state index contributed by atoms with van der Waals surface area (Å²) in [5.41, 5.74) is 2.10. The number of hydroxylamine groups is 1. The first-order valence-electron chi connectivity index (χ1n) is 3.42. The van der Waals surface area contributed by atoms with Gasteiger partial charge in [-0.15, -0.1) is 0 Å². The molecule has 0 bridgehead atoms. The van der Waals surface area contributed by atoms with E-state index in [2.05, 4.69) is 5.48 Å². The predicted molar refractivity (Wildman–Crippen MR) is 33.2 cm³/mol. The number of hydrogen-bond donors (Lipinski definition) is 3. The van der Waals surface area contributed by atoms with Crippen molar-refractivity contribution in [1.82, 2.24) is 5.48 Å². The van der Waals surface area contributed by atoms with E-state index in [4.69, 9.17) is 10.3 Å². The van der Waals surface area contributed by atoms with Gasteiger partial charge in [-0.25, -0.2) is 0 Å². The van der Waals surface area contributed by atoms with Gasteiger partial charge in [0.05, 0.1) is 12.1 Å². The molecule has 1 fully saturated rings. The molecule has 0 heterocycles. The van der Waals surface area contributed by atoms with E-state index in [1.807, 2.05) is 0 Å². The van der Waals surface area contributed by atoms with Crippen LogP contribution in [0.5, 0.6) is 0 Å². The standard InChI is InChI=1S/C6H13NO2/c8-6-4-2-1-3-5(6)7-9/h5-9H,1-4H2. The first-order valence-corrected chi connectivity index (χ1v) is 3.42. The minimum absolute atomic E-state index is 0.0845. The van der Waals surface area contributed by atoms with Crippen LogP contribution in [0.1, 0.15) is 25.7 Å². The largest absolute Gasteiger partial charge is 0.391 e. The highest BCUT2D eigenvalue weighted by molar-refractivity contribution is 4.76. The van der Waals surface area contributed by atoms with Crippen LogP contribution in [0.2, 0.25) is 0 Å². The van der Waals surface area contributed by atoms with E-state index in [0.717, 1.165) is 25.7 Å². The summed E-state index contributed by atoms with van der Waals surface area (Å²) >= 11 is 0. The third-order valence-electron chi connectivity index (χ3n) is 1.90. The summed E-state index contributed by atoms with van der Waals surface area (Å²) in [4.78, 5) is 0. The molecule has 1 rings (SSSR count). The zero-order valence-electron chi connectivity index (χ0n) is 5.38. The van der Waals surface area contributed by atoms with Crippen molar-refractivity contribution >= 4 is 0 Å². The molecule has 0 aliphatic heterocycles. The smallest absolute Gasteiger partial charge is 0.0715 e. The molecule has 9 heavy (non-hydrogen) atoms. The average Bonchev–Trinajstić information content (AvgIpc) is 1.89. The molecule has 3 nitrogen and oxygen atoms in total. The molecular weight excluding hydrogens is 118 g/mol. The molecule has 0 spiro atoms. The molecule has 3 heteroatoms. The quantitative estimate of drug-likeness (QED) is 0.448. The summed E-state index contributed by atoms with van der Waals surface area (Å²) in [6, 6.07) is -0.0845. The summed E-state index contributed by atoms with van der Waals surface area (Å²) in [6.45, 7) is 0. The van der Waals surface area contributed by atoms with Crippen LogP contribution < -0.4 is 5.48 Å². The number of aliphatic hydroxyl groups is 1. The Labute approximate surface area is 54.7 Å². The lowest BCUT2D eigenvalue weighted by atomic mass is 9.93. The van der Waals surface area contributed by atoms with Crippen molar-refractivity contribution in [2.45, 2.75) is 37.8 Å². The van der Waals surface area contributed by atoms with Crippen LogP contribution >= 0.6 is 0 Å². The first-order chi connectivity index (χ1) is 4.34. The molecule has 1 aliphatic carbocycles. The van der Waals surface area contributed by atoms with E-state index in [-0.39, 0.29) is 12.1 Å². The highest BCUT2D eigenvalue weighted by Crippen LogP contribution is 2.17. The summed E-state index contributed by atoms with van der Waals surface area (Å²) in [5.74, 6) is 0. The van der Waals surface area contributed by atoms with Crippen LogP contribution in [-0.2, 0) is 0 Å². The fraction of sp³-hybridized carbons (Fsp3) is 1.00. The van der Waals surface area contributed by atoms with E-state index in [1.165, 1.54) is 0 Å². The zero-order valence-corrected chi connectivity index (χ0v) is 5.38. The van der Waals surface area contributed by atoms with Crippen molar-refractivity contribution in [1.29, 1.82) is 0 Å². The third kappa shape index (κ3) is 1.64. The van der Waals surface area contributed by atoms with E-state index >= 15 is 0 Å². The van der Waals surface area contributed by atoms with Crippen LogP contribution in [-0.4, -0.2) is 22.5 Å². The Kier molecular flexibility index (Phi) is 2.45. The van der Waals surface area contributed by atoms with Crippen molar-refractivity contribution < 1.29 is 10.3 Å². The van der Waals surface area contributed by atoms with Crippen molar-refractivity contribution in [2.75, 3.05) is 0 Å². The monoisotopic (exact) mass is 131 g/mol. The Hall–Kier alpha value is -0.120. The number of nitrogens with one attached hydrogen (secondary N) is 1. The molecule has 1 saturated carbocycles. The van der Waals surface area contributed by atoms with E-state index < -0.39 is 0 Å². The maximum Gasteiger partial charge on any atom is 0.0715 e. The van der Waals surface area contributed by atoms with Gasteiger partial charge in [0, 0.05) is 0 Å². The fourth-order valence-corrected chi connectivity index (χ4v) is 1.26. The van der Waals surface area contributed by atoms with Gasteiger partial charge in [-0.2, -0.15) is 5.48 Å². The van der Waals surface area contributed by atoms with Crippen molar-refractivity contribution in [3.63, 3.8) is 0 Å². The Morgan fingerprint density at radius 3 is 2.33 bits per heavy atom. The molecule has 1 aliphatic rings. The highest BCUT2D eigenvalue weighted by atomic mass is 16.5. The molecule has 0 amide bonds. The van der Waals surface area contributed by atoms with Gasteiger partial charge in [0.25, 0.3) is 0 Å². The lowest BCUT2D eigenvalue weighted by Crippen LogP contribution is -2.40. The van der Waals surface area contributed by atoms with E-state index in [9.17, 15) is 0 Å². The maximum absolute atomic E-state index is 9.15. The second-order valence-corrected chi connectivity index (χ2v) is 2.59. The minimum Gasteiger partial charge on any atom is -0.391 e. The van der Waals surface area contributed by atoms with Crippen LogP contribution in [0.4, 0.5) is 0 Å². The lowest BCUT2D eigenvalue weighted by Gasteiger charge is -2.25. The highest BCUT2D eigenvalue weighted by Gasteiger charge is 2.21. The van der Waals surface area contributed by atoms with Crippen LogP contribution in [0, 0.1) is 0 Å². The maximum atomic E-state index is 9.15. The van der Waals surface area contributed by atoms with Crippen molar-refractivity contribution in [3.8, 4) is 0 Å². The number of hydrogen-bond acceptors (Lipinski definition) is 3. The average molecular weight is 131 g/mol. The Morgan fingerprint density at radius 2 is 1.89 bits per heavy atom. The molecule has 0 aromatic carbocycles. The molecule has 0 saturated heterocycles. The molecule has 2 unspecified atom stereocenters. The van der Waals surface area contributed by atoms with Gasteiger partial charge in [-0.3, -0.25) is 0 Å². The molecule has 2 atom stereocenters. The van der Waals surface area contributed by atoms with Crippen LogP contribution in [0.3, 0.4) is 0 Å². The van der Waals surface area contributed by atoms with Gasteiger partial charge in [0.1, 0.15) is 0 Å². The summed E-state index contributed by atoms with van der Waals surface area (Å²) in [7, 11) is 0. The Balaban J connectivity index is 2.30. The second kappa shape index (κ2) is 3.15.